The molecule has 0 bridgehead atoms. The Morgan fingerprint density at radius 1 is 1.33 bits per heavy atom. The Kier molecular flexibility index (Phi) is 2.13. The van der Waals surface area contributed by atoms with E-state index in [1.165, 1.54) is 25.9 Å². The first-order valence-corrected chi connectivity index (χ1v) is 5.04. The number of hydrogen-bond acceptors (Lipinski definition) is 2. The van der Waals surface area contributed by atoms with Crippen LogP contribution in [0.25, 0.3) is 0 Å². The molecule has 12 heavy (non-hydrogen) atoms. The van der Waals surface area contributed by atoms with Gasteiger partial charge in [0.1, 0.15) is 0 Å². The average molecular weight is 169 g/mol. The summed E-state index contributed by atoms with van der Waals surface area (Å²) in [4.78, 5) is 2.58. The van der Waals surface area contributed by atoms with Gasteiger partial charge in [-0.2, -0.15) is 0 Å². The molecule has 2 rings (SSSR count). The summed E-state index contributed by atoms with van der Waals surface area (Å²) in [6.07, 6.45) is 2.64. The van der Waals surface area contributed by atoms with E-state index in [4.69, 9.17) is 4.74 Å². The minimum absolute atomic E-state index is 0.546. The molecule has 1 atom stereocenters. The number of ether oxygens (including phenoxy) is 1. The lowest BCUT2D eigenvalue weighted by atomic mass is 9.87. The highest BCUT2D eigenvalue weighted by Gasteiger charge is 2.41. The average Bonchev–Trinajstić information content (AvgIpc) is 2.62. The van der Waals surface area contributed by atoms with Gasteiger partial charge in [0.05, 0.1) is 6.61 Å². The van der Waals surface area contributed by atoms with E-state index < -0.39 is 0 Å². The van der Waals surface area contributed by atoms with Crippen molar-refractivity contribution in [1.29, 1.82) is 0 Å². The highest BCUT2D eigenvalue weighted by atomic mass is 16.5. The highest BCUT2D eigenvalue weighted by molar-refractivity contribution is 4.93. The van der Waals surface area contributed by atoms with E-state index in [0.29, 0.717) is 11.5 Å². The van der Waals surface area contributed by atoms with Crippen LogP contribution in [0.1, 0.15) is 26.7 Å². The Morgan fingerprint density at radius 3 is 2.67 bits per heavy atom. The summed E-state index contributed by atoms with van der Waals surface area (Å²) >= 11 is 0. The van der Waals surface area contributed by atoms with Crippen LogP contribution in [0.3, 0.4) is 0 Å². The highest BCUT2D eigenvalue weighted by Crippen LogP contribution is 2.38. The predicted octanol–water partition coefficient (Wildman–Crippen LogP) is 1.51. The molecule has 0 saturated carbocycles. The number of nitrogens with zero attached hydrogens (tertiary/aromatic N) is 1. The van der Waals surface area contributed by atoms with Crippen LogP contribution in [0.15, 0.2) is 0 Å². The molecule has 2 fully saturated rings. The molecule has 0 amide bonds. The summed E-state index contributed by atoms with van der Waals surface area (Å²) in [5.41, 5.74) is 0.546. The fourth-order valence-electron chi connectivity index (χ4n) is 2.38. The van der Waals surface area contributed by atoms with Gasteiger partial charge in [-0.25, -0.2) is 0 Å². The second kappa shape index (κ2) is 3.00. The van der Waals surface area contributed by atoms with Crippen molar-refractivity contribution in [3.63, 3.8) is 0 Å². The van der Waals surface area contributed by atoms with Crippen molar-refractivity contribution < 1.29 is 4.74 Å². The third-order valence-corrected chi connectivity index (χ3v) is 3.38. The molecule has 70 valence electrons. The maximum Gasteiger partial charge on any atom is 0.0536 e. The van der Waals surface area contributed by atoms with Gasteiger partial charge in [0.2, 0.25) is 0 Å². The molecule has 1 unspecified atom stereocenters. The molecular weight excluding hydrogens is 150 g/mol. The van der Waals surface area contributed by atoms with Crippen LogP contribution in [0.5, 0.6) is 0 Å². The Labute approximate surface area is 74.9 Å². The van der Waals surface area contributed by atoms with Gasteiger partial charge in [-0.3, -0.25) is 0 Å². The molecule has 0 aliphatic carbocycles. The first kappa shape index (κ1) is 8.52. The van der Waals surface area contributed by atoms with Crippen molar-refractivity contribution in [3.8, 4) is 0 Å². The summed E-state index contributed by atoms with van der Waals surface area (Å²) in [6.45, 7) is 9.12. The van der Waals surface area contributed by atoms with Crippen LogP contribution in [0.2, 0.25) is 0 Å². The lowest BCUT2D eigenvalue weighted by molar-refractivity contribution is 0.148. The number of rotatable bonds is 1. The quantitative estimate of drug-likeness (QED) is 0.590. The summed E-state index contributed by atoms with van der Waals surface area (Å²) in [5.74, 6) is 0. The molecule has 0 aromatic carbocycles. The number of hydrogen-bond donors (Lipinski definition) is 0. The maximum absolute atomic E-state index is 5.48. The lowest BCUT2D eigenvalue weighted by Gasteiger charge is -2.24. The molecule has 0 radical (unpaired) electrons. The van der Waals surface area contributed by atoms with Gasteiger partial charge in [-0.1, -0.05) is 0 Å². The van der Waals surface area contributed by atoms with E-state index in [-0.39, 0.29) is 0 Å². The predicted molar refractivity (Wildman–Crippen MR) is 49.2 cm³/mol. The van der Waals surface area contributed by atoms with Crippen LogP contribution < -0.4 is 0 Å². The van der Waals surface area contributed by atoms with E-state index >= 15 is 0 Å². The van der Waals surface area contributed by atoms with Gasteiger partial charge in [0.15, 0.2) is 0 Å². The topological polar surface area (TPSA) is 12.5 Å². The first-order chi connectivity index (χ1) is 5.72. The van der Waals surface area contributed by atoms with E-state index in [0.717, 1.165) is 13.2 Å². The first-order valence-electron chi connectivity index (χ1n) is 5.04. The third-order valence-electron chi connectivity index (χ3n) is 3.38. The summed E-state index contributed by atoms with van der Waals surface area (Å²) in [5, 5.41) is 0. The maximum atomic E-state index is 5.48. The Balaban J connectivity index is 1.96. The van der Waals surface area contributed by atoms with Gasteiger partial charge in [0.25, 0.3) is 0 Å². The molecule has 2 heteroatoms. The number of likely N-dealkylation sites (tertiary alicyclic amines) is 1. The monoisotopic (exact) mass is 169 g/mol. The standard InChI is InChI=1S/C10H19NO/c1-9(2)11-5-3-10(7-11)4-6-12-8-10/h9H,3-8H2,1-2H3. The van der Waals surface area contributed by atoms with Crippen LogP contribution >= 0.6 is 0 Å². The molecule has 2 heterocycles. The molecule has 0 aromatic heterocycles. The van der Waals surface area contributed by atoms with E-state index in [1.807, 2.05) is 0 Å². The van der Waals surface area contributed by atoms with E-state index in [1.54, 1.807) is 0 Å². The van der Waals surface area contributed by atoms with E-state index in [9.17, 15) is 0 Å². The largest absolute Gasteiger partial charge is 0.381 e. The van der Waals surface area contributed by atoms with Gasteiger partial charge in [-0.15, -0.1) is 0 Å². The summed E-state index contributed by atoms with van der Waals surface area (Å²) in [7, 11) is 0. The third kappa shape index (κ3) is 1.38. The van der Waals surface area contributed by atoms with Crippen LogP contribution in [-0.4, -0.2) is 37.2 Å². The minimum atomic E-state index is 0.546. The normalized spacial score (nSPS) is 37.2. The Morgan fingerprint density at radius 2 is 2.17 bits per heavy atom. The fourth-order valence-corrected chi connectivity index (χ4v) is 2.38. The fraction of sp³-hybridized carbons (Fsp3) is 1.00. The molecule has 2 nitrogen and oxygen atoms in total. The van der Waals surface area contributed by atoms with Crippen molar-refractivity contribution in [2.75, 3.05) is 26.3 Å². The zero-order valence-electron chi connectivity index (χ0n) is 8.18. The molecule has 2 aliphatic heterocycles. The van der Waals surface area contributed by atoms with E-state index in [2.05, 4.69) is 18.7 Å². The molecule has 0 N–H and O–H groups in total. The van der Waals surface area contributed by atoms with Crippen molar-refractivity contribution in [2.24, 2.45) is 5.41 Å². The Bertz CT molecular complexity index is 161. The SMILES string of the molecule is CC(C)N1CCC2(CCOC2)C1. The van der Waals surface area contributed by atoms with Crippen molar-refractivity contribution >= 4 is 0 Å². The van der Waals surface area contributed by atoms with Crippen molar-refractivity contribution in [1.82, 2.24) is 4.90 Å². The second-order valence-electron chi connectivity index (χ2n) is 4.62. The van der Waals surface area contributed by atoms with Gasteiger partial charge < -0.3 is 9.64 Å². The molecule has 2 aliphatic rings. The zero-order chi connectivity index (χ0) is 8.60. The molecular formula is C10H19NO. The summed E-state index contributed by atoms with van der Waals surface area (Å²) < 4.78 is 5.48. The second-order valence-corrected chi connectivity index (χ2v) is 4.62. The van der Waals surface area contributed by atoms with Crippen LogP contribution in [0, 0.1) is 5.41 Å². The molecule has 0 aromatic rings. The summed E-state index contributed by atoms with van der Waals surface area (Å²) in [6, 6.07) is 0.713. The van der Waals surface area contributed by atoms with Crippen LogP contribution in [-0.2, 0) is 4.74 Å². The smallest absolute Gasteiger partial charge is 0.0536 e. The zero-order valence-corrected chi connectivity index (χ0v) is 8.18. The van der Waals surface area contributed by atoms with Crippen molar-refractivity contribution in [3.05, 3.63) is 0 Å². The van der Waals surface area contributed by atoms with Crippen LogP contribution in [0.4, 0.5) is 0 Å². The van der Waals surface area contributed by atoms with Gasteiger partial charge >= 0.3 is 0 Å². The van der Waals surface area contributed by atoms with Gasteiger partial charge in [-0.05, 0) is 33.2 Å². The molecule has 2 saturated heterocycles. The van der Waals surface area contributed by atoms with Gasteiger partial charge in [0, 0.05) is 24.6 Å². The minimum Gasteiger partial charge on any atom is -0.381 e. The lowest BCUT2D eigenvalue weighted by Crippen LogP contribution is -2.32. The van der Waals surface area contributed by atoms with Crippen molar-refractivity contribution in [2.45, 2.75) is 32.7 Å². The Hall–Kier alpha value is -0.0800. The molecule has 1 spiro atoms.